The van der Waals surface area contributed by atoms with E-state index in [4.69, 9.17) is 4.74 Å². The predicted octanol–water partition coefficient (Wildman–Crippen LogP) is 3.61. The van der Waals surface area contributed by atoms with Crippen LogP contribution in [0.25, 0.3) is 0 Å². The summed E-state index contributed by atoms with van der Waals surface area (Å²) < 4.78 is 18.4. The summed E-state index contributed by atoms with van der Waals surface area (Å²) in [6, 6.07) is 14.4. The van der Waals surface area contributed by atoms with E-state index in [9.17, 15) is 9.65 Å². The highest BCUT2D eigenvalue weighted by molar-refractivity contribution is 5.56. The first-order chi connectivity index (χ1) is 10.2. The molecule has 0 aromatic heterocycles. The number of hydrogen-bond acceptors (Lipinski definition) is 3. The minimum Gasteiger partial charge on any atom is -0.497 e. The van der Waals surface area contributed by atoms with Gasteiger partial charge in [-0.1, -0.05) is 6.07 Å². The minimum atomic E-state index is -0.794. The van der Waals surface area contributed by atoms with Crippen LogP contribution >= 0.6 is 0 Å². The van der Waals surface area contributed by atoms with Gasteiger partial charge in [0.05, 0.1) is 13.2 Å². The fraction of sp³-hybridized carbons (Fsp3) is 0.235. The monoisotopic (exact) mass is 282 g/mol. The van der Waals surface area contributed by atoms with Crippen LogP contribution in [0, 0.1) is 17.1 Å². The van der Waals surface area contributed by atoms with Crippen LogP contribution in [0.5, 0.6) is 5.75 Å². The van der Waals surface area contributed by atoms with E-state index in [1.807, 2.05) is 24.3 Å². The zero-order valence-electron chi connectivity index (χ0n) is 11.7. The van der Waals surface area contributed by atoms with Crippen molar-refractivity contribution in [3.05, 3.63) is 59.4 Å². The summed E-state index contributed by atoms with van der Waals surface area (Å²) in [5.74, 6) is 0.507. The maximum atomic E-state index is 13.3. The van der Waals surface area contributed by atoms with Gasteiger partial charge in [-0.2, -0.15) is 5.26 Å². The molecule has 4 heteroatoms. The van der Waals surface area contributed by atoms with Gasteiger partial charge in [0.2, 0.25) is 0 Å². The lowest BCUT2D eigenvalue weighted by Crippen LogP contribution is -2.31. The second kappa shape index (κ2) is 5.10. The molecule has 0 fully saturated rings. The van der Waals surface area contributed by atoms with Crippen molar-refractivity contribution in [1.29, 1.82) is 5.26 Å². The molecule has 0 bridgehead atoms. The average Bonchev–Trinajstić information content (AvgIpc) is 2.86. The number of aryl methyl sites for hydroxylation is 1. The Kier molecular flexibility index (Phi) is 3.26. The van der Waals surface area contributed by atoms with Crippen molar-refractivity contribution in [2.75, 3.05) is 12.4 Å². The number of benzene rings is 2. The van der Waals surface area contributed by atoms with Crippen molar-refractivity contribution in [3.8, 4) is 11.8 Å². The Morgan fingerprint density at radius 2 is 2.00 bits per heavy atom. The summed E-state index contributed by atoms with van der Waals surface area (Å²) in [5, 5.41) is 13.0. The summed E-state index contributed by atoms with van der Waals surface area (Å²) >= 11 is 0. The second-order valence-corrected chi connectivity index (χ2v) is 5.17. The molecule has 0 radical (unpaired) electrons. The lowest BCUT2D eigenvalue weighted by atomic mass is 9.93. The topological polar surface area (TPSA) is 45.0 Å². The van der Waals surface area contributed by atoms with Crippen LogP contribution in [0.2, 0.25) is 0 Å². The number of fused-ring (bicyclic) bond motifs is 1. The van der Waals surface area contributed by atoms with E-state index in [0.29, 0.717) is 12.8 Å². The molecule has 3 nitrogen and oxygen atoms in total. The van der Waals surface area contributed by atoms with Gasteiger partial charge in [-0.3, -0.25) is 0 Å². The number of anilines is 1. The zero-order chi connectivity index (χ0) is 14.9. The Labute approximate surface area is 123 Å². The molecule has 21 heavy (non-hydrogen) atoms. The summed E-state index contributed by atoms with van der Waals surface area (Å²) in [6.07, 6.45) is 1.33. The smallest absolute Gasteiger partial charge is 0.151 e. The van der Waals surface area contributed by atoms with Crippen LogP contribution in [0.15, 0.2) is 42.5 Å². The number of halogens is 1. The molecule has 0 aliphatic heterocycles. The molecule has 106 valence electrons. The van der Waals surface area contributed by atoms with Gasteiger partial charge >= 0.3 is 0 Å². The number of methoxy groups -OCH3 is 1. The van der Waals surface area contributed by atoms with E-state index in [1.54, 1.807) is 13.2 Å². The quantitative estimate of drug-likeness (QED) is 0.935. The van der Waals surface area contributed by atoms with Gasteiger partial charge in [0.15, 0.2) is 5.54 Å². The van der Waals surface area contributed by atoms with E-state index in [2.05, 4.69) is 11.4 Å². The Bertz CT molecular complexity index is 706. The molecule has 1 atom stereocenters. The molecule has 0 saturated heterocycles. The fourth-order valence-corrected chi connectivity index (χ4v) is 2.84. The van der Waals surface area contributed by atoms with E-state index < -0.39 is 5.54 Å². The van der Waals surface area contributed by atoms with Crippen LogP contribution in [-0.2, 0) is 12.0 Å². The molecule has 2 aromatic rings. The minimum absolute atomic E-state index is 0.257. The third-order valence-corrected chi connectivity index (χ3v) is 3.94. The van der Waals surface area contributed by atoms with Gasteiger partial charge in [0.1, 0.15) is 11.6 Å². The van der Waals surface area contributed by atoms with Gasteiger partial charge in [-0.25, -0.2) is 4.39 Å². The van der Waals surface area contributed by atoms with Gasteiger partial charge in [0, 0.05) is 5.69 Å². The van der Waals surface area contributed by atoms with Crippen molar-refractivity contribution in [3.63, 3.8) is 0 Å². The summed E-state index contributed by atoms with van der Waals surface area (Å²) in [6.45, 7) is 0. The number of nitrogens with one attached hydrogen (secondary N) is 1. The maximum Gasteiger partial charge on any atom is 0.151 e. The number of rotatable bonds is 3. The van der Waals surface area contributed by atoms with Crippen LogP contribution < -0.4 is 10.1 Å². The number of ether oxygens (including phenoxy) is 1. The van der Waals surface area contributed by atoms with Crippen LogP contribution in [0.3, 0.4) is 0 Å². The highest BCUT2D eigenvalue weighted by atomic mass is 19.1. The molecule has 1 aliphatic carbocycles. The molecule has 3 rings (SSSR count). The Morgan fingerprint density at radius 1 is 1.24 bits per heavy atom. The van der Waals surface area contributed by atoms with Crippen LogP contribution in [0.4, 0.5) is 10.1 Å². The first kappa shape index (κ1) is 13.4. The van der Waals surface area contributed by atoms with E-state index in [1.165, 1.54) is 12.1 Å². The van der Waals surface area contributed by atoms with Crippen molar-refractivity contribution < 1.29 is 9.13 Å². The Hall–Kier alpha value is -2.54. The molecule has 0 heterocycles. The molecule has 0 spiro atoms. The molecule has 1 aliphatic rings. The maximum absolute atomic E-state index is 13.3. The second-order valence-electron chi connectivity index (χ2n) is 5.17. The number of nitriles is 1. The molecular weight excluding hydrogens is 267 g/mol. The standard InChI is InChI=1S/C17H15FN2O/c1-21-15-5-3-14(4-6-15)20-17(11-19)9-8-12-10-13(18)2-7-16(12)17/h2-7,10,20H,8-9H2,1H3. The Balaban J connectivity index is 1.94. The molecule has 1 N–H and O–H groups in total. The van der Waals surface area contributed by atoms with E-state index in [-0.39, 0.29) is 5.82 Å². The third kappa shape index (κ3) is 2.31. The summed E-state index contributed by atoms with van der Waals surface area (Å²) in [5.41, 5.74) is 1.81. The van der Waals surface area contributed by atoms with Crippen LogP contribution in [0.1, 0.15) is 17.5 Å². The molecule has 2 aromatic carbocycles. The predicted molar refractivity (Wildman–Crippen MR) is 78.6 cm³/mol. The van der Waals surface area contributed by atoms with Crippen molar-refractivity contribution >= 4 is 5.69 Å². The first-order valence-corrected chi connectivity index (χ1v) is 6.79. The molecule has 0 amide bonds. The number of nitrogens with zero attached hydrogens (tertiary/aromatic N) is 1. The molecular formula is C17H15FN2O. The highest BCUT2D eigenvalue weighted by Gasteiger charge is 2.39. The van der Waals surface area contributed by atoms with Crippen molar-refractivity contribution in [2.45, 2.75) is 18.4 Å². The highest BCUT2D eigenvalue weighted by Crippen LogP contribution is 2.39. The van der Waals surface area contributed by atoms with E-state index >= 15 is 0 Å². The summed E-state index contributed by atoms with van der Waals surface area (Å²) in [4.78, 5) is 0. The SMILES string of the molecule is COc1ccc(NC2(C#N)CCc3cc(F)ccc32)cc1. The lowest BCUT2D eigenvalue weighted by molar-refractivity contribution is 0.415. The first-order valence-electron chi connectivity index (χ1n) is 6.79. The summed E-state index contributed by atoms with van der Waals surface area (Å²) in [7, 11) is 1.61. The fourth-order valence-electron chi connectivity index (χ4n) is 2.84. The van der Waals surface area contributed by atoms with E-state index in [0.717, 1.165) is 22.6 Å². The van der Waals surface area contributed by atoms with Crippen LogP contribution in [-0.4, -0.2) is 7.11 Å². The van der Waals surface area contributed by atoms with Gasteiger partial charge < -0.3 is 10.1 Å². The lowest BCUT2D eigenvalue weighted by Gasteiger charge is -2.25. The van der Waals surface area contributed by atoms with Gasteiger partial charge in [-0.15, -0.1) is 0 Å². The third-order valence-electron chi connectivity index (χ3n) is 3.94. The normalized spacial score (nSPS) is 19.7. The van der Waals surface area contributed by atoms with Crippen molar-refractivity contribution in [1.82, 2.24) is 0 Å². The zero-order valence-corrected chi connectivity index (χ0v) is 11.7. The number of hydrogen-bond donors (Lipinski definition) is 1. The van der Waals surface area contributed by atoms with Crippen molar-refractivity contribution in [2.24, 2.45) is 0 Å². The molecule has 1 unspecified atom stereocenters. The van der Waals surface area contributed by atoms with Gasteiger partial charge in [-0.05, 0) is 60.4 Å². The Morgan fingerprint density at radius 3 is 2.67 bits per heavy atom. The molecule has 0 saturated carbocycles. The van der Waals surface area contributed by atoms with Gasteiger partial charge in [0.25, 0.3) is 0 Å². The average molecular weight is 282 g/mol. The largest absolute Gasteiger partial charge is 0.497 e.